The number of carboxylic acids is 1. The fourth-order valence-electron chi connectivity index (χ4n) is 2.74. The van der Waals surface area contributed by atoms with Crippen LogP contribution in [0.4, 0.5) is 5.69 Å². The Labute approximate surface area is 154 Å². The van der Waals surface area contributed by atoms with E-state index < -0.39 is 30.1 Å². The van der Waals surface area contributed by atoms with Crippen LogP contribution in [0.3, 0.4) is 0 Å². The maximum absolute atomic E-state index is 12.4. The van der Waals surface area contributed by atoms with Gasteiger partial charge in [-0.15, -0.1) is 0 Å². The first-order valence-electron chi connectivity index (χ1n) is 8.06. The van der Waals surface area contributed by atoms with Crippen LogP contribution in [0.5, 0.6) is 5.75 Å². The number of carboxylic acid groups (broad SMARTS) is 1. The average Bonchev–Trinajstić information content (AvgIpc) is 2.90. The van der Waals surface area contributed by atoms with Crippen molar-refractivity contribution < 1.29 is 29.0 Å². The first-order chi connectivity index (χ1) is 12.9. The number of carbonyl (C=O) groups is 4. The minimum atomic E-state index is -1.35. The standard InChI is InChI=1S/C19H16N2O6/c1-27-13-4-2-3-11(9-13)17(24)20-12-5-6-14-15(10-12)19(26)21(18(14)25)8-7-16(22)23/h2-6,9-10H,7-8H2,1H3,(H,20,24)(H,22,23)/p-1. The van der Waals surface area contributed by atoms with Gasteiger partial charge in [0.25, 0.3) is 17.7 Å². The second-order valence-electron chi connectivity index (χ2n) is 5.83. The highest BCUT2D eigenvalue weighted by atomic mass is 16.5. The molecule has 0 aliphatic carbocycles. The lowest BCUT2D eigenvalue weighted by Gasteiger charge is -2.13. The summed E-state index contributed by atoms with van der Waals surface area (Å²) in [4.78, 5) is 48.4. The molecule has 3 rings (SSSR count). The molecule has 0 saturated heterocycles. The number of carbonyl (C=O) groups excluding carboxylic acids is 4. The van der Waals surface area contributed by atoms with E-state index in [9.17, 15) is 24.3 Å². The highest BCUT2D eigenvalue weighted by molar-refractivity contribution is 6.22. The molecule has 138 valence electrons. The molecule has 1 aliphatic heterocycles. The zero-order chi connectivity index (χ0) is 19.6. The molecule has 27 heavy (non-hydrogen) atoms. The van der Waals surface area contributed by atoms with Crippen LogP contribution in [-0.4, -0.2) is 42.2 Å². The maximum atomic E-state index is 12.4. The second-order valence-corrected chi connectivity index (χ2v) is 5.83. The molecule has 0 bridgehead atoms. The number of hydrogen-bond acceptors (Lipinski definition) is 6. The lowest BCUT2D eigenvalue weighted by Crippen LogP contribution is -2.34. The molecule has 3 amide bonds. The summed E-state index contributed by atoms with van der Waals surface area (Å²) in [6.45, 7) is -0.264. The fraction of sp³-hybridized carbons (Fsp3) is 0.158. The Balaban J connectivity index is 1.79. The highest BCUT2D eigenvalue weighted by Crippen LogP contribution is 2.26. The molecular formula is C19H15N2O6-. The molecule has 2 aromatic carbocycles. The number of methoxy groups -OCH3 is 1. The smallest absolute Gasteiger partial charge is 0.261 e. The first-order valence-corrected chi connectivity index (χ1v) is 8.06. The number of nitrogens with one attached hydrogen (secondary N) is 1. The molecule has 2 aromatic rings. The van der Waals surface area contributed by atoms with E-state index in [0.717, 1.165) is 4.90 Å². The Bertz CT molecular complexity index is 953. The zero-order valence-corrected chi connectivity index (χ0v) is 14.4. The monoisotopic (exact) mass is 367 g/mol. The SMILES string of the molecule is COc1cccc(C(=O)Nc2ccc3c(c2)C(=O)N(CCC(=O)[O-])C3=O)c1. The summed E-state index contributed by atoms with van der Waals surface area (Å²) in [5.41, 5.74) is 0.983. The summed E-state index contributed by atoms with van der Waals surface area (Å²) in [6.07, 6.45) is -0.440. The minimum Gasteiger partial charge on any atom is -0.550 e. The van der Waals surface area contributed by atoms with E-state index in [-0.39, 0.29) is 17.7 Å². The lowest BCUT2D eigenvalue weighted by atomic mass is 10.1. The van der Waals surface area contributed by atoms with E-state index in [0.29, 0.717) is 17.0 Å². The van der Waals surface area contributed by atoms with Gasteiger partial charge >= 0.3 is 0 Å². The molecule has 0 radical (unpaired) electrons. The van der Waals surface area contributed by atoms with E-state index in [4.69, 9.17) is 4.74 Å². The Kier molecular flexibility index (Phi) is 4.89. The summed E-state index contributed by atoms with van der Waals surface area (Å²) in [5.74, 6) is -2.39. The van der Waals surface area contributed by atoms with Gasteiger partial charge in [0.15, 0.2) is 0 Å². The van der Waals surface area contributed by atoms with Crippen molar-refractivity contribution in [3.8, 4) is 5.75 Å². The number of hydrogen-bond donors (Lipinski definition) is 1. The van der Waals surface area contributed by atoms with Crippen molar-refractivity contribution in [1.82, 2.24) is 4.90 Å². The van der Waals surface area contributed by atoms with E-state index in [1.54, 1.807) is 24.3 Å². The van der Waals surface area contributed by atoms with Crippen molar-refractivity contribution in [2.24, 2.45) is 0 Å². The van der Waals surface area contributed by atoms with E-state index in [1.165, 1.54) is 25.3 Å². The molecule has 8 nitrogen and oxygen atoms in total. The first kappa shape index (κ1) is 18.1. The molecule has 8 heteroatoms. The summed E-state index contributed by atoms with van der Waals surface area (Å²) >= 11 is 0. The molecule has 0 atom stereocenters. The largest absolute Gasteiger partial charge is 0.550 e. The van der Waals surface area contributed by atoms with Crippen LogP contribution in [0.25, 0.3) is 0 Å². The summed E-state index contributed by atoms with van der Waals surface area (Å²) in [6, 6.07) is 10.9. The molecular weight excluding hydrogens is 352 g/mol. The topological polar surface area (TPSA) is 116 Å². The van der Waals surface area contributed by atoms with Crippen molar-refractivity contribution in [2.45, 2.75) is 6.42 Å². The number of anilines is 1. The molecule has 0 saturated carbocycles. The molecule has 0 unspecified atom stereocenters. The predicted octanol–water partition coefficient (Wildman–Crippen LogP) is 0.683. The summed E-state index contributed by atoms with van der Waals surface area (Å²) in [7, 11) is 1.49. The Morgan fingerprint density at radius 2 is 1.81 bits per heavy atom. The van der Waals surface area contributed by atoms with Crippen molar-refractivity contribution in [1.29, 1.82) is 0 Å². The van der Waals surface area contributed by atoms with Gasteiger partial charge in [-0.05, 0) is 36.4 Å². The van der Waals surface area contributed by atoms with Crippen LogP contribution in [0.15, 0.2) is 42.5 Å². The number of aliphatic carboxylic acids is 1. The average molecular weight is 367 g/mol. The fourth-order valence-corrected chi connectivity index (χ4v) is 2.74. The highest BCUT2D eigenvalue weighted by Gasteiger charge is 2.35. The number of amides is 3. The van der Waals surface area contributed by atoms with E-state index >= 15 is 0 Å². The molecule has 1 heterocycles. The molecule has 0 fully saturated rings. The number of imide groups is 1. The van der Waals surface area contributed by atoms with Gasteiger partial charge in [0, 0.05) is 30.2 Å². The van der Waals surface area contributed by atoms with Crippen molar-refractivity contribution >= 4 is 29.4 Å². The number of rotatable bonds is 6. The summed E-state index contributed by atoms with van der Waals surface area (Å²) in [5, 5.41) is 13.2. The molecule has 1 aliphatic rings. The number of fused-ring (bicyclic) bond motifs is 1. The van der Waals surface area contributed by atoms with Gasteiger partial charge < -0.3 is 20.0 Å². The third kappa shape index (κ3) is 3.64. The predicted molar refractivity (Wildman–Crippen MR) is 92.4 cm³/mol. The lowest BCUT2D eigenvalue weighted by molar-refractivity contribution is -0.305. The van der Waals surface area contributed by atoms with Crippen molar-refractivity contribution in [3.63, 3.8) is 0 Å². The molecule has 0 spiro atoms. The number of ether oxygens (including phenoxy) is 1. The van der Waals surface area contributed by atoms with Crippen LogP contribution in [0.1, 0.15) is 37.5 Å². The zero-order valence-electron chi connectivity index (χ0n) is 14.4. The van der Waals surface area contributed by atoms with Gasteiger partial charge in [-0.1, -0.05) is 6.07 Å². The van der Waals surface area contributed by atoms with Crippen molar-refractivity contribution in [2.75, 3.05) is 19.0 Å². The molecule has 0 aromatic heterocycles. The van der Waals surface area contributed by atoms with Gasteiger partial charge in [0.1, 0.15) is 5.75 Å². The number of nitrogens with zero attached hydrogens (tertiary/aromatic N) is 1. The van der Waals surface area contributed by atoms with Crippen LogP contribution < -0.4 is 15.2 Å². The Morgan fingerprint density at radius 1 is 1.07 bits per heavy atom. The molecule has 1 N–H and O–H groups in total. The Morgan fingerprint density at radius 3 is 2.52 bits per heavy atom. The van der Waals surface area contributed by atoms with Crippen molar-refractivity contribution in [3.05, 3.63) is 59.2 Å². The van der Waals surface area contributed by atoms with E-state index in [1.807, 2.05) is 0 Å². The third-order valence-electron chi connectivity index (χ3n) is 4.10. The number of benzene rings is 2. The van der Waals surface area contributed by atoms with Gasteiger partial charge in [0.05, 0.1) is 18.2 Å². The van der Waals surface area contributed by atoms with E-state index in [2.05, 4.69) is 5.32 Å². The van der Waals surface area contributed by atoms with Gasteiger partial charge in [0.2, 0.25) is 0 Å². The van der Waals surface area contributed by atoms with Gasteiger partial charge in [-0.3, -0.25) is 19.3 Å². The quantitative estimate of drug-likeness (QED) is 0.751. The van der Waals surface area contributed by atoms with Gasteiger partial charge in [-0.25, -0.2) is 0 Å². The Hall–Kier alpha value is -3.68. The second kappa shape index (κ2) is 7.28. The van der Waals surface area contributed by atoms with Crippen LogP contribution in [-0.2, 0) is 4.79 Å². The maximum Gasteiger partial charge on any atom is 0.261 e. The third-order valence-corrected chi connectivity index (χ3v) is 4.10. The normalized spacial score (nSPS) is 12.7. The minimum absolute atomic E-state index is 0.113. The van der Waals surface area contributed by atoms with Crippen LogP contribution in [0, 0.1) is 0 Å². The summed E-state index contributed by atoms with van der Waals surface area (Å²) < 4.78 is 5.08. The van der Waals surface area contributed by atoms with Crippen LogP contribution in [0.2, 0.25) is 0 Å². The van der Waals surface area contributed by atoms with Crippen LogP contribution >= 0.6 is 0 Å². The van der Waals surface area contributed by atoms with Gasteiger partial charge in [-0.2, -0.15) is 0 Å².